The summed E-state index contributed by atoms with van der Waals surface area (Å²) in [5.41, 5.74) is 0. The highest BCUT2D eigenvalue weighted by molar-refractivity contribution is 7.99. The smallest absolute Gasteiger partial charge is 0.328 e. The molecule has 1 aliphatic heterocycles. The zero-order chi connectivity index (χ0) is 15.1. The van der Waals surface area contributed by atoms with Crippen molar-refractivity contribution in [1.82, 2.24) is 10.2 Å². The summed E-state index contributed by atoms with van der Waals surface area (Å²) >= 11 is 1.43. The summed E-state index contributed by atoms with van der Waals surface area (Å²) in [5, 5.41) is 10.8. The highest BCUT2D eigenvalue weighted by atomic mass is 32.2. The summed E-state index contributed by atoms with van der Waals surface area (Å²) in [6, 6.07) is -2.27. The number of carboxylic acid groups (broad SMARTS) is 1. The van der Waals surface area contributed by atoms with E-state index in [1.54, 1.807) is 0 Å². The van der Waals surface area contributed by atoms with Crippen LogP contribution in [0.2, 0.25) is 0 Å². The van der Waals surface area contributed by atoms with Gasteiger partial charge in [0.25, 0.3) is 0 Å². The topological polar surface area (TPSA) is 86.7 Å². The summed E-state index contributed by atoms with van der Waals surface area (Å²) in [7, 11) is 0. The average molecular weight is 306 g/mol. The molecule has 0 aromatic heterocycles. The van der Waals surface area contributed by atoms with Crippen molar-refractivity contribution in [3.05, 3.63) is 0 Å². The van der Waals surface area contributed by atoms with E-state index in [9.17, 15) is 18.8 Å². The highest BCUT2D eigenvalue weighted by Crippen LogP contribution is 2.22. The molecule has 1 aliphatic rings. The summed E-state index contributed by atoms with van der Waals surface area (Å²) < 4.78 is 12.5. The molecule has 0 saturated carbocycles. The first-order valence-electron chi connectivity index (χ1n) is 6.47. The van der Waals surface area contributed by atoms with Crippen LogP contribution in [0.4, 0.5) is 4.39 Å². The molecule has 1 saturated heterocycles. The number of nitrogens with one attached hydrogen (secondary N) is 1. The summed E-state index contributed by atoms with van der Waals surface area (Å²) in [6.07, 6.45) is 2.00. The molecule has 0 bridgehead atoms. The van der Waals surface area contributed by atoms with Gasteiger partial charge in [0.1, 0.15) is 12.7 Å². The average Bonchev–Trinajstić information content (AvgIpc) is 2.90. The minimum atomic E-state index is -1.55. The van der Waals surface area contributed by atoms with Crippen LogP contribution in [0, 0.1) is 0 Å². The van der Waals surface area contributed by atoms with E-state index in [1.165, 1.54) is 16.7 Å². The van der Waals surface area contributed by atoms with Crippen LogP contribution in [-0.2, 0) is 14.4 Å². The van der Waals surface area contributed by atoms with Crippen LogP contribution in [0.1, 0.15) is 26.2 Å². The van der Waals surface area contributed by atoms with Crippen molar-refractivity contribution < 1.29 is 23.9 Å². The van der Waals surface area contributed by atoms with E-state index in [0.29, 0.717) is 18.1 Å². The van der Waals surface area contributed by atoms with Gasteiger partial charge in [0.15, 0.2) is 6.04 Å². The molecule has 20 heavy (non-hydrogen) atoms. The zero-order valence-electron chi connectivity index (χ0n) is 11.3. The maximum atomic E-state index is 12.5. The molecule has 0 aliphatic carbocycles. The van der Waals surface area contributed by atoms with Crippen LogP contribution in [0.5, 0.6) is 0 Å². The molecule has 1 heterocycles. The second kappa shape index (κ2) is 8.08. The molecule has 0 spiro atoms. The lowest BCUT2D eigenvalue weighted by Crippen LogP contribution is -2.52. The van der Waals surface area contributed by atoms with Gasteiger partial charge in [-0.2, -0.15) is 0 Å². The van der Waals surface area contributed by atoms with Crippen LogP contribution in [-0.4, -0.2) is 58.2 Å². The van der Waals surface area contributed by atoms with Gasteiger partial charge in [-0.05, 0) is 6.42 Å². The number of halogens is 1. The number of alkyl halides is 1. The van der Waals surface area contributed by atoms with Crippen molar-refractivity contribution in [2.45, 2.75) is 38.3 Å². The molecule has 2 atom stereocenters. The Labute approximate surface area is 121 Å². The van der Waals surface area contributed by atoms with Crippen molar-refractivity contribution in [3.63, 3.8) is 0 Å². The third kappa shape index (κ3) is 4.36. The van der Waals surface area contributed by atoms with Crippen LogP contribution in [0.3, 0.4) is 0 Å². The Morgan fingerprint density at radius 2 is 2.20 bits per heavy atom. The number of hydrogen-bond donors (Lipinski definition) is 2. The molecule has 2 unspecified atom stereocenters. The first kappa shape index (κ1) is 16.7. The number of nitrogens with zero attached hydrogens (tertiary/aromatic N) is 1. The van der Waals surface area contributed by atoms with Gasteiger partial charge in [-0.25, -0.2) is 9.18 Å². The van der Waals surface area contributed by atoms with Crippen molar-refractivity contribution >= 4 is 29.5 Å². The fourth-order valence-corrected chi connectivity index (χ4v) is 2.99. The summed E-state index contributed by atoms with van der Waals surface area (Å²) in [5.74, 6) is -1.33. The van der Waals surface area contributed by atoms with Crippen molar-refractivity contribution in [3.8, 4) is 0 Å². The van der Waals surface area contributed by atoms with Crippen LogP contribution in [0.25, 0.3) is 0 Å². The molecule has 1 rings (SSSR count). The molecule has 1 fully saturated rings. The first-order valence-corrected chi connectivity index (χ1v) is 7.63. The second-order valence-corrected chi connectivity index (χ2v) is 5.54. The predicted molar refractivity (Wildman–Crippen MR) is 73.0 cm³/mol. The number of carboxylic acids is 1. The van der Waals surface area contributed by atoms with E-state index in [1.807, 2.05) is 6.92 Å². The number of amides is 2. The van der Waals surface area contributed by atoms with E-state index >= 15 is 0 Å². The highest BCUT2D eigenvalue weighted by Gasteiger charge is 2.35. The first-order chi connectivity index (χ1) is 9.51. The molecule has 2 N–H and O–H groups in total. The standard InChI is InChI=1S/C12H19FN2O4S/c1-2-3-4-10(16)15-7-20-6-9(15)11(17)14-8(5-13)12(18)19/h8-9H,2-7H2,1H3,(H,14,17)(H,18,19). The predicted octanol–water partition coefficient (Wildman–Crippen LogP) is 0.617. The maximum Gasteiger partial charge on any atom is 0.328 e. The Hall–Kier alpha value is -1.31. The van der Waals surface area contributed by atoms with E-state index in [4.69, 9.17) is 5.11 Å². The largest absolute Gasteiger partial charge is 0.480 e. The van der Waals surface area contributed by atoms with Crippen molar-refractivity contribution in [2.75, 3.05) is 18.3 Å². The minimum Gasteiger partial charge on any atom is -0.480 e. The van der Waals surface area contributed by atoms with Crippen LogP contribution < -0.4 is 5.32 Å². The number of hydrogen-bond acceptors (Lipinski definition) is 4. The van der Waals surface area contributed by atoms with Gasteiger partial charge in [0.2, 0.25) is 11.8 Å². The molecule has 0 aromatic carbocycles. The lowest BCUT2D eigenvalue weighted by atomic mass is 10.2. The third-order valence-electron chi connectivity index (χ3n) is 3.02. The SMILES string of the molecule is CCCCC(=O)N1CSCC1C(=O)NC(CF)C(=O)O. The van der Waals surface area contributed by atoms with Gasteiger partial charge in [-0.15, -0.1) is 11.8 Å². The number of thioether (sulfide) groups is 1. The lowest BCUT2D eigenvalue weighted by molar-refractivity contribution is -0.144. The lowest BCUT2D eigenvalue weighted by Gasteiger charge is -2.24. The van der Waals surface area contributed by atoms with Crippen LogP contribution >= 0.6 is 11.8 Å². The monoisotopic (exact) mass is 306 g/mol. The van der Waals surface area contributed by atoms with Gasteiger partial charge in [-0.1, -0.05) is 13.3 Å². The maximum absolute atomic E-state index is 12.5. The Kier molecular flexibility index (Phi) is 6.77. The number of carbonyl (C=O) groups is 3. The van der Waals surface area contributed by atoms with Gasteiger partial charge in [0.05, 0.1) is 5.88 Å². The molecule has 6 nitrogen and oxygen atoms in total. The van der Waals surface area contributed by atoms with Crippen LogP contribution in [0.15, 0.2) is 0 Å². The van der Waals surface area contributed by atoms with Gasteiger partial charge in [-0.3, -0.25) is 9.59 Å². The van der Waals surface area contributed by atoms with Crippen molar-refractivity contribution in [2.24, 2.45) is 0 Å². The normalized spacial score (nSPS) is 19.7. The molecule has 8 heteroatoms. The fourth-order valence-electron chi connectivity index (χ4n) is 1.81. The number of rotatable bonds is 7. The molecule has 114 valence electrons. The van der Waals surface area contributed by atoms with Crippen molar-refractivity contribution in [1.29, 1.82) is 0 Å². The van der Waals surface area contributed by atoms with E-state index in [-0.39, 0.29) is 5.91 Å². The molecular weight excluding hydrogens is 287 g/mol. The number of unbranched alkanes of at least 4 members (excludes halogenated alkanes) is 1. The quantitative estimate of drug-likeness (QED) is 0.720. The number of aliphatic carboxylic acids is 1. The Bertz CT molecular complexity index is 380. The van der Waals surface area contributed by atoms with E-state index in [0.717, 1.165) is 12.8 Å². The second-order valence-electron chi connectivity index (χ2n) is 4.54. The van der Waals surface area contributed by atoms with Gasteiger partial charge >= 0.3 is 5.97 Å². The van der Waals surface area contributed by atoms with Gasteiger partial charge < -0.3 is 15.3 Å². The fraction of sp³-hybridized carbons (Fsp3) is 0.750. The Balaban J connectivity index is 2.61. The minimum absolute atomic E-state index is 0.121. The summed E-state index contributed by atoms with van der Waals surface area (Å²) in [4.78, 5) is 36.0. The molecule has 2 amide bonds. The summed E-state index contributed by atoms with van der Waals surface area (Å²) in [6.45, 7) is 0.791. The Morgan fingerprint density at radius 3 is 2.75 bits per heavy atom. The molecule has 0 radical (unpaired) electrons. The molecule has 0 aromatic rings. The third-order valence-corrected chi connectivity index (χ3v) is 4.03. The molecular formula is C12H19FN2O4S. The Morgan fingerprint density at radius 1 is 1.50 bits per heavy atom. The van der Waals surface area contributed by atoms with E-state index in [2.05, 4.69) is 5.32 Å². The van der Waals surface area contributed by atoms with Gasteiger partial charge in [0, 0.05) is 12.2 Å². The zero-order valence-corrected chi connectivity index (χ0v) is 12.1. The van der Waals surface area contributed by atoms with E-state index < -0.39 is 30.6 Å². The number of carbonyl (C=O) groups excluding carboxylic acids is 2.